The van der Waals surface area contributed by atoms with Crippen LogP contribution in [0, 0.1) is 6.92 Å². The molecule has 32 heavy (non-hydrogen) atoms. The second-order valence-corrected chi connectivity index (χ2v) is 8.92. The van der Waals surface area contributed by atoms with Crippen molar-refractivity contribution in [2.75, 3.05) is 45.2 Å². The van der Waals surface area contributed by atoms with Gasteiger partial charge in [0, 0.05) is 37.9 Å². The molecule has 7 nitrogen and oxygen atoms in total. The Hall–Kier alpha value is -2.90. The molecule has 0 radical (unpaired) electrons. The van der Waals surface area contributed by atoms with Gasteiger partial charge in [-0.15, -0.1) is 0 Å². The summed E-state index contributed by atoms with van der Waals surface area (Å²) >= 11 is 0. The number of piperazine rings is 1. The van der Waals surface area contributed by atoms with Crippen LogP contribution in [-0.4, -0.2) is 65.1 Å². The van der Waals surface area contributed by atoms with Gasteiger partial charge < -0.3 is 19.5 Å². The average molecular weight is 436 g/mol. The van der Waals surface area contributed by atoms with E-state index < -0.39 is 0 Å². The molecule has 0 spiro atoms. The van der Waals surface area contributed by atoms with Gasteiger partial charge in [-0.25, -0.2) is 4.98 Å². The van der Waals surface area contributed by atoms with Crippen LogP contribution in [0.25, 0.3) is 11.0 Å². The SMILES string of the molecule is Cc1ccc(OCC(=O)Nc2ccc3c(c2)nc(CN2CCN(C)CC2)n3C(C)C)cc1. The zero-order valence-corrected chi connectivity index (χ0v) is 19.5. The number of fused-ring (bicyclic) bond motifs is 1. The molecule has 0 bridgehead atoms. The van der Waals surface area contributed by atoms with E-state index in [-0.39, 0.29) is 12.5 Å². The van der Waals surface area contributed by atoms with Crippen LogP contribution in [0.3, 0.4) is 0 Å². The molecule has 3 aromatic rings. The molecule has 1 fully saturated rings. The lowest BCUT2D eigenvalue weighted by atomic mass is 10.2. The first-order chi connectivity index (χ1) is 15.4. The number of benzene rings is 2. The molecule has 1 aromatic heterocycles. The number of aryl methyl sites for hydroxylation is 1. The van der Waals surface area contributed by atoms with Crippen molar-refractivity contribution in [2.24, 2.45) is 0 Å². The Bertz CT molecular complexity index is 1070. The molecule has 1 N–H and O–H groups in total. The number of hydrogen-bond donors (Lipinski definition) is 1. The summed E-state index contributed by atoms with van der Waals surface area (Å²) in [7, 11) is 2.17. The Morgan fingerprint density at radius 3 is 2.50 bits per heavy atom. The van der Waals surface area contributed by atoms with Gasteiger partial charge in [0.25, 0.3) is 5.91 Å². The standard InChI is InChI=1S/C25H33N5O2/c1-18(2)30-23-10-7-20(26-25(31)17-32-21-8-5-19(3)6-9-21)15-22(23)27-24(30)16-29-13-11-28(4)12-14-29/h5-10,15,18H,11-14,16-17H2,1-4H3,(H,26,31). The van der Waals surface area contributed by atoms with Gasteiger partial charge in [0.2, 0.25) is 0 Å². The van der Waals surface area contributed by atoms with Crippen LogP contribution in [0.1, 0.15) is 31.3 Å². The molecule has 7 heteroatoms. The minimum atomic E-state index is -0.189. The first-order valence-electron chi connectivity index (χ1n) is 11.3. The predicted octanol–water partition coefficient (Wildman–Crippen LogP) is 3.69. The van der Waals surface area contributed by atoms with E-state index >= 15 is 0 Å². The monoisotopic (exact) mass is 435 g/mol. The summed E-state index contributed by atoms with van der Waals surface area (Å²) in [5.74, 6) is 1.57. The van der Waals surface area contributed by atoms with Gasteiger partial charge in [-0.3, -0.25) is 9.69 Å². The average Bonchev–Trinajstić information content (AvgIpc) is 3.12. The highest BCUT2D eigenvalue weighted by molar-refractivity contribution is 5.94. The molecule has 1 amide bonds. The number of nitrogens with zero attached hydrogens (tertiary/aromatic N) is 4. The number of hydrogen-bond acceptors (Lipinski definition) is 5. The maximum Gasteiger partial charge on any atom is 0.262 e. The Kier molecular flexibility index (Phi) is 6.77. The lowest BCUT2D eigenvalue weighted by Gasteiger charge is -2.32. The van der Waals surface area contributed by atoms with E-state index in [0.29, 0.717) is 11.8 Å². The second-order valence-electron chi connectivity index (χ2n) is 8.92. The zero-order valence-electron chi connectivity index (χ0n) is 19.5. The van der Waals surface area contributed by atoms with E-state index in [0.717, 1.165) is 60.8 Å². The lowest BCUT2D eigenvalue weighted by Crippen LogP contribution is -2.44. The van der Waals surface area contributed by atoms with Crippen LogP contribution < -0.4 is 10.1 Å². The van der Waals surface area contributed by atoms with Crippen molar-refractivity contribution in [2.45, 2.75) is 33.4 Å². The molecule has 0 unspecified atom stereocenters. The van der Waals surface area contributed by atoms with Crippen molar-refractivity contribution in [3.63, 3.8) is 0 Å². The molecular weight excluding hydrogens is 402 g/mol. The Balaban J connectivity index is 1.45. The van der Waals surface area contributed by atoms with E-state index in [9.17, 15) is 4.79 Å². The van der Waals surface area contributed by atoms with Crippen molar-refractivity contribution in [3.05, 3.63) is 53.9 Å². The quantitative estimate of drug-likeness (QED) is 0.613. The van der Waals surface area contributed by atoms with E-state index in [1.165, 1.54) is 0 Å². The zero-order chi connectivity index (χ0) is 22.7. The van der Waals surface area contributed by atoms with Crippen LogP contribution in [0.2, 0.25) is 0 Å². The number of rotatable bonds is 7. The third kappa shape index (κ3) is 5.29. The number of nitrogens with one attached hydrogen (secondary N) is 1. The highest BCUT2D eigenvalue weighted by atomic mass is 16.5. The molecule has 170 valence electrons. The van der Waals surface area contributed by atoms with Crippen molar-refractivity contribution < 1.29 is 9.53 Å². The van der Waals surface area contributed by atoms with Crippen LogP contribution in [-0.2, 0) is 11.3 Å². The fourth-order valence-corrected chi connectivity index (χ4v) is 4.10. The van der Waals surface area contributed by atoms with Gasteiger partial charge in [-0.2, -0.15) is 0 Å². The summed E-state index contributed by atoms with van der Waals surface area (Å²) in [6.07, 6.45) is 0. The predicted molar refractivity (Wildman–Crippen MR) is 128 cm³/mol. The van der Waals surface area contributed by atoms with Gasteiger partial charge >= 0.3 is 0 Å². The maximum absolute atomic E-state index is 12.4. The summed E-state index contributed by atoms with van der Waals surface area (Å²) in [6, 6.07) is 13.9. The maximum atomic E-state index is 12.4. The Labute approximate surface area is 190 Å². The second kappa shape index (κ2) is 9.71. The number of likely N-dealkylation sites (N-methyl/N-ethyl adjacent to an activating group) is 1. The van der Waals surface area contributed by atoms with Crippen molar-refractivity contribution in [1.82, 2.24) is 19.4 Å². The summed E-state index contributed by atoms with van der Waals surface area (Å²) < 4.78 is 7.89. The van der Waals surface area contributed by atoms with E-state index in [1.54, 1.807) is 0 Å². The topological polar surface area (TPSA) is 62.6 Å². The number of carbonyl (C=O) groups is 1. The van der Waals surface area contributed by atoms with Crippen LogP contribution in [0.4, 0.5) is 5.69 Å². The summed E-state index contributed by atoms with van der Waals surface area (Å²) in [5.41, 5.74) is 3.88. The molecule has 1 aliphatic rings. The third-order valence-electron chi connectivity index (χ3n) is 5.91. The first kappa shape index (κ1) is 22.3. The molecule has 4 rings (SSSR count). The van der Waals surface area contributed by atoms with Crippen molar-refractivity contribution >= 4 is 22.6 Å². The molecular formula is C25H33N5O2. The molecule has 1 saturated heterocycles. The van der Waals surface area contributed by atoms with Gasteiger partial charge in [0.05, 0.1) is 17.6 Å². The van der Waals surface area contributed by atoms with Crippen LogP contribution >= 0.6 is 0 Å². The summed E-state index contributed by atoms with van der Waals surface area (Å²) in [6.45, 7) is 11.5. The van der Waals surface area contributed by atoms with E-state index in [2.05, 4.69) is 40.6 Å². The Morgan fingerprint density at radius 1 is 1.09 bits per heavy atom. The minimum Gasteiger partial charge on any atom is -0.484 e. The van der Waals surface area contributed by atoms with E-state index in [1.807, 2.05) is 49.4 Å². The minimum absolute atomic E-state index is 0.0316. The fourth-order valence-electron chi connectivity index (χ4n) is 4.10. The largest absolute Gasteiger partial charge is 0.484 e. The first-order valence-corrected chi connectivity index (χ1v) is 11.3. The number of amides is 1. The number of imidazole rings is 1. The van der Waals surface area contributed by atoms with Crippen molar-refractivity contribution in [3.8, 4) is 5.75 Å². The smallest absolute Gasteiger partial charge is 0.262 e. The molecule has 0 saturated carbocycles. The number of carbonyl (C=O) groups excluding carboxylic acids is 1. The number of anilines is 1. The molecule has 1 aliphatic heterocycles. The molecule has 2 heterocycles. The molecule has 0 aliphatic carbocycles. The van der Waals surface area contributed by atoms with Crippen LogP contribution in [0.15, 0.2) is 42.5 Å². The summed E-state index contributed by atoms with van der Waals surface area (Å²) in [5, 5.41) is 2.93. The van der Waals surface area contributed by atoms with Crippen molar-refractivity contribution in [1.29, 1.82) is 0 Å². The highest BCUT2D eigenvalue weighted by Gasteiger charge is 2.19. The highest BCUT2D eigenvalue weighted by Crippen LogP contribution is 2.25. The van der Waals surface area contributed by atoms with E-state index in [4.69, 9.17) is 9.72 Å². The number of ether oxygens (including phenoxy) is 1. The molecule has 0 atom stereocenters. The fraction of sp³-hybridized carbons (Fsp3) is 0.440. The third-order valence-corrected chi connectivity index (χ3v) is 5.91. The van der Waals surface area contributed by atoms with Gasteiger partial charge in [0.15, 0.2) is 6.61 Å². The molecule has 2 aromatic carbocycles. The van der Waals surface area contributed by atoms with Crippen LogP contribution in [0.5, 0.6) is 5.75 Å². The summed E-state index contributed by atoms with van der Waals surface area (Å²) in [4.78, 5) is 22.2. The van der Waals surface area contributed by atoms with Gasteiger partial charge in [-0.05, 0) is 58.2 Å². The van der Waals surface area contributed by atoms with Gasteiger partial charge in [0.1, 0.15) is 11.6 Å². The lowest BCUT2D eigenvalue weighted by molar-refractivity contribution is -0.118. The van der Waals surface area contributed by atoms with Gasteiger partial charge in [-0.1, -0.05) is 17.7 Å². The number of aromatic nitrogens is 2. The Morgan fingerprint density at radius 2 is 1.81 bits per heavy atom. The normalized spacial score (nSPS) is 15.4.